The molecule has 0 bridgehead atoms. The second-order valence-electron chi connectivity index (χ2n) is 4.94. The van der Waals surface area contributed by atoms with E-state index in [1.165, 1.54) is 16.8 Å². The lowest BCUT2D eigenvalue weighted by atomic mass is 10.1. The van der Waals surface area contributed by atoms with Crippen LogP contribution in [0, 0.1) is 0 Å². The van der Waals surface area contributed by atoms with Crippen LogP contribution in [0.4, 0.5) is 5.69 Å². The van der Waals surface area contributed by atoms with E-state index in [1.807, 2.05) is 0 Å². The molecule has 4 heteroatoms. The minimum atomic E-state index is -0.663. The molecule has 0 fully saturated rings. The van der Waals surface area contributed by atoms with Gasteiger partial charge in [-0.2, -0.15) is 0 Å². The maximum atomic E-state index is 10.9. The molecule has 0 saturated carbocycles. The van der Waals surface area contributed by atoms with Crippen LogP contribution in [0.3, 0.4) is 0 Å². The van der Waals surface area contributed by atoms with E-state index in [0.29, 0.717) is 0 Å². The third-order valence-corrected chi connectivity index (χ3v) is 4.25. The number of nitrogens with one attached hydrogen (secondary N) is 1. The Balaban J connectivity index is 1.79. The second kappa shape index (κ2) is 6.34. The molecule has 1 unspecified atom stereocenters. The summed E-state index contributed by atoms with van der Waals surface area (Å²) in [4.78, 5) is 2.31. The van der Waals surface area contributed by atoms with Crippen LogP contribution in [0.25, 0.3) is 0 Å². The SMILES string of the molecule is CN1CCc2cc(CNCCCS(C)=O)ccc21. The Morgan fingerprint density at radius 2 is 2.28 bits per heavy atom. The maximum absolute atomic E-state index is 10.9. The molecule has 1 aliphatic heterocycles. The lowest BCUT2D eigenvalue weighted by Gasteiger charge is -2.12. The van der Waals surface area contributed by atoms with Crippen molar-refractivity contribution >= 4 is 16.5 Å². The molecule has 1 heterocycles. The van der Waals surface area contributed by atoms with Crippen molar-refractivity contribution in [3.05, 3.63) is 29.3 Å². The van der Waals surface area contributed by atoms with E-state index in [9.17, 15) is 4.21 Å². The summed E-state index contributed by atoms with van der Waals surface area (Å²) in [6.45, 7) is 2.98. The zero-order valence-electron chi connectivity index (χ0n) is 11.2. The van der Waals surface area contributed by atoms with Crippen LogP contribution in [-0.4, -0.2) is 36.4 Å². The molecule has 1 atom stereocenters. The van der Waals surface area contributed by atoms with Crippen molar-refractivity contribution in [3.63, 3.8) is 0 Å². The van der Waals surface area contributed by atoms with E-state index in [0.717, 1.165) is 38.2 Å². The number of hydrogen-bond acceptors (Lipinski definition) is 3. The summed E-state index contributed by atoms with van der Waals surface area (Å²) < 4.78 is 10.9. The highest BCUT2D eigenvalue weighted by Gasteiger charge is 2.15. The number of nitrogens with zero attached hydrogens (tertiary/aromatic N) is 1. The van der Waals surface area contributed by atoms with Crippen molar-refractivity contribution in [2.24, 2.45) is 0 Å². The summed E-state index contributed by atoms with van der Waals surface area (Å²) in [7, 11) is 1.48. The zero-order valence-corrected chi connectivity index (χ0v) is 12.1. The number of fused-ring (bicyclic) bond motifs is 1. The second-order valence-corrected chi connectivity index (χ2v) is 6.50. The van der Waals surface area contributed by atoms with E-state index in [-0.39, 0.29) is 0 Å². The van der Waals surface area contributed by atoms with E-state index in [4.69, 9.17) is 0 Å². The molecule has 0 aliphatic carbocycles. The summed E-state index contributed by atoms with van der Waals surface area (Å²) >= 11 is 0. The van der Waals surface area contributed by atoms with Gasteiger partial charge >= 0.3 is 0 Å². The quantitative estimate of drug-likeness (QED) is 0.793. The van der Waals surface area contributed by atoms with Gasteiger partial charge in [-0.25, -0.2) is 0 Å². The number of likely N-dealkylation sites (N-methyl/N-ethyl adjacent to an activating group) is 1. The van der Waals surface area contributed by atoms with Crippen molar-refractivity contribution < 1.29 is 4.21 Å². The topological polar surface area (TPSA) is 32.3 Å². The Morgan fingerprint density at radius 1 is 1.44 bits per heavy atom. The fourth-order valence-electron chi connectivity index (χ4n) is 2.36. The Bertz CT molecular complexity index is 434. The molecular formula is C14H22N2OS. The highest BCUT2D eigenvalue weighted by atomic mass is 32.2. The van der Waals surface area contributed by atoms with Gasteiger partial charge in [-0.1, -0.05) is 12.1 Å². The van der Waals surface area contributed by atoms with E-state index < -0.39 is 10.8 Å². The van der Waals surface area contributed by atoms with Gasteiger partial charge in [0.15, 0.2) is 0 Å². The molecule has 1 aliphatic rings. The zero-order chi connectivity index (χ0) is 13.0. The van der Waals surface area contributed by atoms with Gasteiger partial charge in [0.1, 0.15) is 0 Å². The molecule has 0 amide bonds. The third-order valence-electron chi connectivity index (χ3n) is 3.39. The fourth-order valence-corrected chi connectivity index (χ4v) is 2.91. The van der Waals surface area contributed by atoms with Crippen molar-refractivity contribution in [3.8, 4) is 0 Å². The molecule has 2 rings (SSSR count). The fraction of sp³-hybridized carbons (Fsp3) is 0.571. The predicted octanol–water partition coefficient (Wildman–Crippen LogP) is 1.54. The minimum absolute atomic E-state index is 0.663. The molecule has 1 N–H and O–H groups in total. The summed E-state index contributed by atoms with van der Waals surface area (Å²) in [5.41, 5.74) is 4.19. The Labute approximate surface area is 112 Å². The maximum Gasteiger partial charge on any atom is 0.0397 e. The highest BCUT2D eigenvalue weighted by Crippen LogP contribution is 2.27. The van der Waals surface area contributed by atoms with E-state index >= 15 is 0 Å². The normalized spacial score (nSPS) is 15.8. The Hall–Kier alpha value is -0.870. The Kier molecular flexibility index (Phi) is 4.78. The average molecular weight is 266 g/mol. The van der Waals surface area contributed by atoms with Crippen molar-refractivity contribution in [1.29, 1.82) is 0 Å². The summed E-state index contributed by atoms with van der Waals surface area (Å²) in [5.74, 6) is 0.794. The summed E-state index contributed by atoms with van der Waals surface area (Å²) in [5, 5.41) is 3.41. The molecule has 0 saturated heterocycles. The smallest absolute Gasteiger partial charge is 0.0397 e. The van der Waals surface area contributed by atoms with Gasteiger partial charge in [-0.05, 0) is 36.6 Å². The minimum Gasteiger partial charge on any atom is -0.374 e. The van der Waals surface area contributed by atoms with Gasteiger partial charge in [-0.3, -0.25) is 4.21 Å². The van der Waals surface area contributed by atoms with Crippen LogP contribution in [0.2, 0.25) is 0 Å². The number of anilines is 1. The van der Waals surface area contributed by atoms with Crippen molar-refractivity contribution in [1.82, 2.24) is 5.32 Å². The first-order valence-corrected chi connectivity index (χ1v) is 8.23. The largest absolute Gasteiger partial charge is 0.374 e. The molecule has 100 valence electrons. The summed E-state index contributed by atoms with van der Waals surface area (Å²) in [6.07, 6.45) is 3.91. The van der Waals surface area contributed by atoms with Gasteiger partial charge in [0.25, 0.3) is 0 Å². The first-order valence-electron chi connectivity index (χ1n) is 6.50. The van der Waals surface area contributed by atoms with Crippen LogP contribution in [0.5, 0.6) is 0 Å². The van der Waals surface area contributed by atoms with Crippen LogP contribution >= 0.6 is 0 Å². The van der Waals surface area contributed by atoms with Crippen LogP contribution < -0.4 is 10.2 Å². The van der Waals surface area contributed by atoms with E-state index in [1.54, 1.807) is 6.26 Å². The van der Waals surface area contributed by atoms with Crippen LogP contribution in [0.15, 0.2) is 18.2 Å². The summed E-state index contributed by atoms with van der Waals surface area (Å²) in [6, 6.07) is 6.73. The van der Waals surface area contributed by atoms with Crippen LogP contribution in [0.1, 0.15) is 17.5 Å². The number of benzene rings is 1. The molecule has 1 aromatic rings. The van der Waals surface area contributed by atoms with Gasteiger partial charge in [-0.15, -0.1) is 0 Å². The third kappa shape index (κ3) is 3.56. The molecule has 0 radical (unpaired) electrons. The van der Waals surface area contributed by atoms with Crippen molar-refractivity contribution in [2.75, 3.05) is 37.0 Å². The van der Waals surface area contributed by atoms with Gasteiger partial charge in [0.05, 0.1) is 0 Å². The molecule has 3 nitrogen and oxygen atoms in total. The molecule has 18 heavy (non-hydrogen) atoms. The molecular weight excluding hydrogens is 244 g/mol. The molecule has 0 spiro atoms. The van der Waals surface area contributed by atoms with Crippen LogP contribution in [-0.2, 0) is 23.8 Å². The average Bonchev–Trinajstić information content (AvgIpc) is 2.70. The van der Waals surface area contributed by atoms with E-state index in [2.05, 4.69) is 35.5 Å². The first kappa shape index (κ1) is 13.6. The number of hydrogen-bond donors (Lipinski definition) is 1. The highest BCUT2D eigenvalue weighted by molar-refractivity contribution is 7.84. The van der Waals surface area contributed by atoms with Gasteiger partial charge < -0.3 is 10.2 Å². The number of rotatable bonds is 6. The van der Waals surface area contributed by atoms with Gasteiger partial charge in [0, 0.05) is 48.6 Å². The predicted molar refractivity (Wildman–Crippen MR) is 78.7 cm³/mol. The molecule has 0 aromatic heterocycles. The lowest BCUT2D eigenvalue weighted by molar-refractivity contribution is 0.662. The van der Waals surface area contributed by atoms with Gasteiger partial charge in [0.2, 0.25) is 0 Å². The van der Waals surface area contributed by atoms with Crippen molar-refractivity contribution in [2.45, 2.75) is 19.4 Å². The monoisotopic (exact) mass is 266 g/mol. The molecule has 1 aromatic carbocycles. The first-order chi connectivity index (χ1) is 8.66. The standard InChI is InChI=1S/C14H22N2OS/c1-16-8-6-13-10-12(4-5-14(13)16)11-15-7-3-9-18(2)17/h4-5,10,15H,3,6-9,11H2,1-2H3. The lowest BCUT2D eigenvalue weighted by Crippen LogP contribution is -2.16. The Morgan fingerprint density at radius 3 is 3.06 bits per heavy atom.